The summed E-state index contributed by atoms with van der Waals surface area (Å²) in [5.41, 5.74) is 4.39. The summed E-state index contributed by atoms with van der Waals surface area (Å²) in [6.07, 6.45) is -0.446. The van der Waals surface area contributed by atoms with Crippen LogP contribution < -0.4 is 5.73 Å². The Morgan fingerprint density at radius 1 is 1.32 bits per heavy atom. The molecule has 0 saturated carbocycles. The van der Waals surface area contributed by atoms with Crippen molar-refractivity contribution in [3.8, 4) is 0 Å². The lowest BCUT2D eigenvalue weighted by molar-refractivity contribution is -0.153. The van der Waals surface area contributed by atoms with Crippen LogP contribution in [0, 0.1) is 0 Å². The van der Waals surface area contributed by atoms with Crippen LogP contribution in [0.25, 0.3) is 0 Å². The number of carboxylic acids is 1. The van der Waals surface area contributed by atoms with Crippen LogP contribution >= 0.6 is 0 Å². The molecule has 1 aromatic carbocycles. The van der Waals surface area contributed by atoms with Crippen molar-refractivity contribution in [1.82, 2.24) is 0 Å². The first kappa shape index (κ1) is 14.8. The largest absolute Gasteiger partial charge is 0.481 e. The Morgan fingerprint density at radius 2 is 1.95 bits per heavy atom. The predicted molar refractivity (Wildman–Crippen MR) is 66.1 cm³/mol. The normalized spacial score (nSPS) is 13.3. The van der Waals surface area contributed by atoms with Crippen molar-refractivity contribution >= 4 is 18.2 Å². The van der Waals surface area contributed by atoms with Gasteiger partial charge in [0.05, 0.1) is 0 Å². The Morgan fingerprint density at radius 3 is 2.47 bits per heavy atom. The van der Waals surface area contributed by atoms with Crippen LogP contribution in [-0.4, -0.2) is 28.9 Å². The molecule has 1 aromatic rings. The van der Waals surface area contributed by atoms with Crippen molar-refractivity contribution < 1.29 is 24.2 Å². The molecule has 102 valence electrons. The van der Waals surface area contributed by atoms with E-state index in [4.69, 9.17) is 15.6 Å². The van der Waals surface area contributed by atoms with Gasteiger partial charge in [-0.25, -0.2) is 4.79 Å². The minimum atomic E-state index is -1.91. The van der Waals surface area contributed by atoms with E-state index in [9.17, 15) is 14.4 Å². The number of aldehydes is 1. The molecule has 3 N–H and O–H groups in total. The van der Waals surface area contributed by atoms with E-state index in [1.54, 1.807) is 24.3 Å². The molecule has 1 atom stereocenters. The quantitative estimate of drug-likeness (QED) is 0.422. The molecule has 1 rings (SSSR count). The van der Waals surface area contributed by atoms with Crippen LogP contribution in [0.1, 0.15) is 18.4 Å². The highest BCUT2D eigenvalue weighted by atomic mass is 16.5. The van der Waals surface area contributed by atoms with E-state index in [0.29, 0.717) is 0 Å². The van der Waals surface area contributed by atoms with Crippen molar-refractivity contribution in [3.05, 3.63) is 35.9 Å². The predicted octanol–water partition coefficient (Wildman–Crippen LogP) is 0.491. The number of rotatable bonds is 7. The molecule has 0 aliphatic carbocycles. The lowest BCUT2D eigenvalue weighted by atomic mass is 9.97. The van der Waals surface area contributed by atoms with Crippen LogP contribution in [-0.2, 0) is 25.7 Å². The molecule has 6 heteroatoms. The van der Waals surface area contributed by atoms with E-state index in [1.807, 2.05) is 6.07 Å². The van der Waals surface area contributed by atoms with E-state index >= 15 is 0 Å². The van der Waals surface area contributed by atoms with E-state index in [0.717, 1.165) is 5.56 Å². The smallest absolute Gasteiger partial charge is 0.333 e. The van der Waals surface area contributed by atoms with Crippen LogP contribution in [0.4, 0.5) is 0 Å². The monoisotopic (exact) mass is 265 g/mol. The molecular formula is C13H15NO5. The highest BCUT2D eigenvalue weighted by molar-refractivity contribution is 5.98. The first-order chi connectivity index (χ1) is 8.98. The van der Waals surface area contributed by atoms with E-state index < -0.39 is 17.5 Å². The number of benzene rings is 1. The second kappa shape index (κ2) is 6.65. The summed E-state index contributed by atoms with van der Waals surface area (Å²) >= 11 is 0. The van der Waals surface area contributed by atoms with Crippen molar-refractivity contribution in [1.29, 1.82) is 0 Å². The van der Waals surface area contributed by atoms with Gasteiger partial charge in [-0.05, 0) is 12.0 Å². The summed E-state index contributed by atoms with van der Waals surface area (Å²) in [5.74, 6) is -2.06. The highest BCUT2D eigenvalue weighted by Crippen LogP contribution is 2.11. The fourth-order valence-corrected chi connectivity index (χ4v) is 1.38. The Bertz CT molecular complexity index is 459. The number of hydrogen-bond donors (Lipinski definition) is 2. The number of esters is 1. The van der Waals surface area contributed by atoms with Gasteiger partial charge in [-0.2, -0.15) is 0 Å². The Kier molecular flexibility index (Phi) is 5.20. The molecule has 6 nitrogen and oxygen atoms in total. The fraction of sp³-hybridized carbons (Fsp3) is 0.308. The fourth-order valence-electron chi connectivity index (χ4n) is 1.38. The Labute approximate surface area is 110 Å². The maximum Gasteiger partial charge on any atom is 0.333 e. The summed E-state index contributed by atoms with van der Waals surface area (Å²) < 4.78 is 4.93. The molecule has 0 unspecified atom stereocenters. The molecule has 0 aliphatic rings. The topological polar surface area (TPSA) is 107 Å². The third-order valence-electron chi connectivity index (χ3n) is 2.56. The molecule has 0 heterocycles. The van der Waals surface area contributed by atoms with Gasteiger partial charge in [-0.3, -0.25) is 4.79 Å². The number of carboxylic acid groups (broad SMARTS) is 1. The zero-order valence-electron chi connectivity index (χ0n) is 10.2. The molecule has 0 amide bonds. The number of ether oxygens (including phenoxy) is 1. The Balaban J connectivity index is 2.58. The van der Waals surface area contributed by atoms with Crippen LogP contribution in [0.2, 0.25) is 0 Å². The SMILES string of the molecule is N[C@](C=O)(CCC(=O)O)C(=O)OCc1ccccc1. The summed E-state index contributed by atoms with van der Waals surface area (Å²) in [4.78, 5) is 33.0. The van der Waals surface area contributed by atoms with Crippen LogP contribution in [0.3, 0.4) is 0 Å². The lowest BCUT2D eigenvalue weighted by Gasteiger charge is -2.20. The van der Waals surface area contributed by atoms with Gasteiger partial charge in [-0.1, -0.05) is 30.3 Å². The van der Waals surface area contributed by atoms with E-state index in [2.05, 4.69) is 0 Å². The maximum absolute atomic E-state index is 11.7. The number of carbonyl (C=O) groups is 3. The van der Waals surface area contributed by atoms with Crippen molar-refractivity contribution in [2.75, 3.05) is 0 Å². The van der Waals surface area contributed by atoms with Crippen molar-refractivity contribution in [3.63, 3.8) is 0 Å². The van der Waals surface area contributed by atoms with Gasteiger partial charge in [0, 0.05) is 6.42 Å². The maximum atomic E-state index is 11.7. The van der Waals surface area contributed by atoms with Crippen LogP contribution in [0.15, 0.2) is 30.3 Å². The second-order valence-corrected chi connectivity index (χ2v) is 4.11. The molecule has 0 fully saturated rings. The summed E-state index contributed by atoms with van der Waals surface area (Å²) in [6, 6.07) is 8.89. The van der Waals surface area contributed by atoms with Gasteiger partial charge in [0.2, 0.25) is 0 Å². The summed E-state index contributed by atoms with van der Waals surface area (Å²) in [5, 5.41) is 8.54. The van der Waals surface area contributed by atoms with Crippen molar-refractivity contribution in [2.24, 2.45) is 5.73 Å². The van der Waals surface area contributed by atoms with Gasteiger partial charge in [-0.15, -0.1) is 0 Å². The Hall–Kier alpha value is -2.21. The molecule has 0 aliphatic heterocycles. The van der Waals surface area contributed by atoms with Gasteiger partial charge in [0.25, 0.3) is 0 Å². The molecule has 0 radical (unpaired) electrons. The zero-order valence-corrected chi connectivity index (χ0v) is 10.2. The molecule has 0 aromatic heterocycles. The number of hydrogen-bond acceptors (Lipinski definition) is 5. The highest BCUT2D eigenvalue weighted by Gasteiger charge is 2.36. The minimum Gasteiger partial charge on any atom is -0.481 e. The second-order valence-electron chi connectivity index (χ2n) is 4.11. The third-order valence-corrected chi connectivity index (χ3v) is 2.56. The first-order valence-corrected chi connectivity index (χ1v) is 5.66. The lowest BCUT2D eigenvalue weighted by Crippen LogP contribution is -2.50. The zero-order chi connectivity index (χ0) is 14.3. The summed E-state index contributed by atoms with van der Waals surface area (Å²) in [7, 11) is 0. The standard InChI is InChI=1S/C13H15NO5/c14-13(9-15,7-6-11(16)17)12(18)19-8-10-4-2-1-3-5-10/h1-5,9H,6-8,14H2,(H,16,17)/t13-/m0/s1. The van der Waals surface area contributed by atoms with E-state index in [1.165, 1.54) is 0 Å². The van der Waals surface area contributed by atoms with E-state index in [-0.39, 0.29) is 25.7 Å². The van der Waals surface area contributed by atoms with Gasteiger partial charge in [0.15, 0.2) is 11.8 Å². The van der Waals surface area contributed by atoms with Gasteiger partial charge >= 0.3 is 11.9 Å². The first-order valence-electron chi connectivity index (χ1n) is 5.66. The average Bonchev–Trinajstić information content (AvgIpc) is 2.43. The molecule has 19 heavy (non-hydrogen) atoms. The minimum absolute atomic E-state index is 0.0144. The number of nitrogens with two attached hydrogens (primary N) is 1. The average molecular weight is 265 g/mol. The molecule has 0 bridgehead atoms. The van der Waals surface area contributed by atoms with Gasteiger partial charge in [0.1, 0.15) is 6.61 Å². The van der Waals surface area contributed by atoms with Crippen LogP contribution in [0.5, 0.6) is 0 Å². The molecule has 0 saturated heterocycles. The summed E-state index contributed by atoms with van der Waals surface area (Å²) in [6.45, 7) is -0.0144. The molecule has 0 spiro atoms. The molecular weight excluding hydrogens is 250 g/mol. The van der Waals surface area contributed by atoms with Gasteiger partial charge < -0.3 is 20.4 Å². The number of carbonyl (C=O) groups excluding carboxylic acids is 2. The number of aliphatic carboxylic acids is 1. The van der Waals surface area contributed by atoms with Crippen molar-refractivity contribution in [2.45, 2.75) is 25.0 Å². The third kappa shape index (κ3) is 4.51.